The first-order chi connectivity index (χ1) is 8.59. The number of carbonyl (C=O) groups excluding carboxylic acids is 1. The van der Waals surface area contributed by atoms with Gasteiger partial charge in [-0.15, -0.1) is 11.6 Å². The molecule has 4 heteroatoms. The maximum atomic E-state index is 11.8. The molecule has 1 aliphatic heterocycles. The van der Waals surface area contributed by atoms with Gasteiger partial charge in [0.25, 0.3) is 0 Å². The second kappa shape index (κ2) is 5.61. The van der Waals surface area contributed by atoms with Crippen LogP contribution in [0.1, 0.15) is 12.5 Å². The van der Waals surface area contributed by atoms with Crippen molar-refractivity contribution in [3.63, 3.8) is 0 Å². The van der Waals surface area contributed by atoms with Gasteiger partial charge in [-0.3, -0.25) is 4.79 Å². The van der Waals surface area contributed by atoms with Crippen molar-refractivity contribution >= 4 is 23.2 Å². The van der Waals surface area contributed by atoms with Crippen LogP contribution in [0.5, 0.6) is 0 Å². The maximum Gasteiger partial charge on any atom is 0.240 e. The number of aryl methyl sites for hydroxylation is 1. The average molecular weight is 267 g/mol. The third-order valence-corrected chi connectivity index (χ3v) is 3.57. The van der Waals surface area contributed by atoms with Gasteiger partial charge in [0, 0.05) is 31.9 Å². The van der Waals surface area contributed by atoms with Crippen LogP contribution in [0, 0.1) is 6.92 Å². The van der Waals surface area contributed by atoms with Crippen molar-refractivity contribution in [1.29, 1.82) is 0 Å². The van der Waals surface area contributed by atoms with E-state index in [-0.39, 0.29) is 5.91 Å². The summed E-state index contributed by atoms with van der Waals surface area (Å²) in [6.45, 7) is 7.11. The van der Waals surface area contributed by atoms with E-state index in [1.807, 2.05) is 11.0 Å². The molecule has 0 aliphatic carbocycles. The van der Waals surface area contributed by atoms with Crippen LogP contribution in [0.15, 0.2) is 24.3 Å². The SMILES string of the molecule is Cc1ccccc1N1CCN(C(=O)C(C)Cl)CC1. The third kappa shape index (κ3) is 2.78. The number of rotatable bonds is 2. The molecule has 0 aromatic heterocycles. The molecule has 98 valence electrons. The number of hydrogen-bond donors (Lipinski definition) is 0. The average Bonchev–Trinajstić information content (AvgIpc) is 2.38. The van der Waals surface area contributed by atoms with Crippen molar-refractivity contribution in [2.75, 3.05) is 31.1 Å². The quantitative estimate of drug-likeness (QED) is 0.767. The molecule has 1 amide bonds. The van der Waals surface area contributed by atoms with E-state index in [4.69, 9.17) is 11.6 Å². The highest BCUT2D eigenvalue weighted by Crippen LogP contribution is 2.21. The minimum absolute atomic E-state index is 0.0427. The lowest BCUT2D eigenvalue weighted by Crippen LogP contribution is -2.50. The molecule has 2 rings (SSSR count). The molecular weight excluding hydrogens is 248 g/mol. The van der Waals surface area contributed by atoms with Crippen LogP contribution in [0.3, 0.4) is 0 Å². The van der Waals surface area contributed by atoms with E-state index in [2.05, 4.69) is 30.0 Å². The van der Waals surface area contributed by atoms with Gasteiger partial charge in [0.2, 0.25) is 5.91 Å². The topological polar surface area (TPSA) is 23.6 Å². The van der Waals surface area contributed by atoms with E-state index in [0.717, 1.165) is 26.2 Å². The summed E-state index contributed by atoms with van der Waals surface area (Å²) in [6, 6.07) is 8.36. The summed E-state index contributed by atoms with van der Waals surface area (Å²) in [6.07, 6.45) is 0. The first-order valence-electron chi connectivity index (χ1n) is 6.33. The summed E-state index contributed by atoms with van der Waals surface area (Å²) in [5.74, 6) is 0.0427. The summed E-state index contributed by atoms with van der Waals surface area (Å²) in [5.41, 5.74) is 2.55. The van der Waals surface area contributed by atoms with Gasteiger partial charge in [-0.25, -0.2) is 0 Å². The van der Waals surface area contributed by atoms with Crippen LogP contribution in [0.25, 0.3) is 0 Å². The fraction of sp³-hybridized carbons (Fsp3) is 0.500. The molecule has 18 heavy (non-hydrogen) atoms. The van der Waals surface area contributed by atoms with Gasteiger partial charge in [0.15, 0.2) is 0 Å². The van der Waals surface area contributed by atoms with Gasteiger partial charge >= 0.3 is 0 Å². The summed E-state index contributed by atoms with van der Waals surface area (Å²) < 4.78 is 0. The van der Waals surface area contributed by atoms with Crippen LogP contribution in [0.2, 0.25) is 0 Å². The molecule has 1 aromatic carbocycles. The molecule has 1 aliphatic rings. The van der Waals surface area contributed by atoms with Gasteiger partial charge in [-0.05, 0) is 25.5 Å². The molecule has 1 aromatic rings. The molecule has 1 atom stereocenters. The minimum Gasteiger partial charge on any atom is -0.368 e. The lowest BCUT2D eigenvalue weighted by Gasteiger charge is -2.37. The van der Waals surface area contributed by atoms with Crippen molar-refractivity contribution < 1.29 is 4.79 Å². The van der Waals surface area contributed by atoms with Crippen LogP contribution < -0.4 is 4.90 Å². The number of benzene rings is 1. The number of anilines is 1. The number of para-hydroxylation sites is 1. The fourth-order valence-electron chi connectivity index (χ4n) is 2.34. The summed E-state index contributed by atoms with van der Waals surface area (Å²) in [7, 11) is 0. The Balaban J connectivity index is 1.99. The predicted octanol–water partition coefficient (Wildman–Crippen LogP) is 2.27. The third-order valence-electron chi connectivity index (χ3n) is 3.39. The van der Waals surface area contributed by atoms with Gasteiger partial charge in [0.1, 0.15) is 5.38 Å². The first kappa shape index (κ1) is 13.2. The van der Waals surface area contributed by atoms with E-state index < -0.39 is 5.38 Å². The van der Waals surface area contributed by atoms with Crippen molar-refractivity contribution in [3.8, 4) is 0 Å². The Morgan fingerprint density at radius 2 is 1.83 bits per heavy atom. The fourth-order valence-corrected chi connectivity index (χ4v) is 2.48. The van der Waals surface area contributed by atoms with Crippen molar-refractivity contribution in [1.82, 2.24) is 4.90 Å². The minimum atomic E-state index is -0.421. The van der Waals surface area contributed by atoms with Crippen LogP contribution in [-0.4, -0.2) is 42.4 Å². The number of nitrogens with zero attached hydrogens (tertiary/aromatic N) is 2. The molecule has 0 spiro atoms. The molecule has 1 unspecified atom stereocenters. The smallest absolute Gasteiger partial charge is 0.240 e. The van der Waals surface area contributed by atoms with E-state index in [1.54, 1.807) is 6.92 Å². The summed E-state index contributed by atoms with van der Waals surface area (Å²) >= 11 is 5.84. The highest BCUT2D eigenvalue weighted by atomic mass is 35.5. The second-order valence-corrected chi connectivity index (χ2v) is 5.37. The van der Waals surface area contributed by atoms with Gasteiger partial charge < -0.3 is 9.80 Å². The van der Waals surface area contributed by atoms with Crippen molar-refractivity contribution in [2.24, 2.45) is 0 Å². The molecule has 0 N–H and O–H groups in total. The molecule has 1 heterocycles. The Kier molecular flexibility index (Phi) is 4.12. The monoisotopic (exact) mass is 266 g/mol. The maximum absolute atomic E-state index is 11.8. The lowest BCUT2D eigenvalue weighted by atomic mass is 10.1. The van der Waals surface area contributed by atoms with E-state index in [0.29, 0.717) is 0 Å². The Hall–Kier alpha value is -1.22. The Bertz CT molecular complexity index is 426. The number of halogens is 1. The number of piperazine rings is 1. The Morgan fingerprint density at radius 1 is 1.22 bits per heavy atom. The highest BCUT2D eigenvalue weighted by molar-refractivity contribution is 6.30. The molecule has 0 radical (unpaired) electrons. The summed E-state index contributed by atoms with van der Waals surface area (Å²) in [4.78, 5) is 16.0. The lowest BCUT2D eigenvalue weighted by molar-refractivity contribution is -0.130. The highest BCUT2D eigenvalue weighted by Gasteiger charge is 2.24. The molecule has 3 nitrogen and oxygen atoms in total. The van der Waals surface area contributed by atoms with Crippen LogP contribution in [0.4, 0.5) is 5.69 Å². The number of hydrogen-bond acceptors (Lipinski definition) is 2. The van der Waals surface area contributed by atoms with E-state index >= 15 is 0 Å². The Labute approximate surface area is 113 Å². The van der Waals surface area contributed by atoms with Crippen LogP contribution in [-0.2, 0) is 4.79 Å². The standard InChI is InChI=1S/C14H19ClN2O/c1-11-5-3-4-6-13(11)16-7-9-17(10-8-16)14(18)12(2)15/h3-6,12H,7-10H2,1-2H3. The molecule has 0 bridgehead atoms. The van der Waals surface area contributed by atoms with Gasteiger partial charge in [-0.1, -0.05) is 18.2 Å². The number of alkyl halides is 1. The molecule has 1 fully saturated rings. The zero-order valence-corrected chi connectivity index (χ0v) is 11.7. The molecule has 0 saturated carbocycles. The zero-order chi connectivity index (χ0) is 13.1. The molecular formula is C14H19ClN2O. The predicted molar refractivity (Wildman–Crippen MR) is 75.3 cm³/mol. The second-order valence-electron chi connectivity index (χ2n) is 4.71. The van der Waals surface area contributed by atoms with Crippen molar-refractivity contribution in [3.05, 3.63) is 29.8 Å². The van der Waals surface area contributed by atoms with Crippen molar-refractivity contribution in [2.45, 2.75) is 19.2 Å². The Morgan fingerprint density at radius 3 is 2.39 bits per heavy atom. The van der Waals surface area contributed by atoms with E-state index in [1.165, 1.54) is 11.3 Å². The number of amides is 1. The largest absolute Gasteiger partial charge is 0.368 e. The summed E-state index contributed by atoms with van der Waals surface area (Å²) in [5, 5.41) is -0.421. The zero-order valence-electron chi connectivity index (χ0n) is 10.9. The number of carbonyl (C=O) groups is 1. The van der Waals surface area contributed by atoms with Gasteiger partial charge in [0.05, 0.1) is 0 Å². The van der Waals surface area contributed by atoms with E-state index in [9.17, 15) is 4.79 Å². The van der Waals surface area contributed by atoms with Gasteiger partial charge in [-0.2, -0.15) is 0 Å². The molecule has 1 saturated heterocycles. The first-order valence-corrected chi connectivity index (χ1v) is 6.76. The normalized spacial score (nSPS) is 17.7. The van der Waals surface area contributed by atoms with Crippen LogP contribution >= 0.6 is 11.6 Å².